The highest BCUT2D eigenvalue weighted by Gasteiger charge is 2.40. The number of aliphatic carboxylic acids is 1. The third-order valence-electron chi connectivity index (χ3n) is 5.02. The van der Waals surface area contributed by atoms with E-state index in [2.05, 4.69) is 5.32 Å². The van der Waals surface area contributed by atoms with Crippen molar-refractivity contribution in [2.45, 2.75) is 18.9 Å². The van der Waals surface area contributed by atoms with Crippen molar-refractivity contribution >= 4 is 23.6 Å². The van der Waals surface area contributed by atoms with Gasteiger partial charge in [0.25, 0.3) is 0 Å². The summed E-state index contributed by atoms with van der Waals surface area (Å²) in [6.45, 7) is 1.30. The number of ether oxygens (including phenoxy) is 2. The highest BCUT2D eigenvalue weighted by atomic mass is 16.7. The second kappa shape index (κ2) is 6.40. The number of carboxylic acids is 1. The number of amides is 3. The van der Waals surface area contributed by atoms with Gasteiger partial charge in [-0.05, 0) is 18.6 Å². The molecule has 2 fully saturated rings. The van der Waals surface area contributed by atoms with E-state index in [1.54, 1.807) is 28.0 Å². The molecule has 2 saturated heterocycles. The zero-order valence-corrected chi connectivity index (χ0v) is 14.0. The molecule has 0 saturated carbocycles. The van der Waals surface area contributed by atoms with E-state index in [-0.39, 0.29) is 37.7 Å². The SMILES string of the molecule is O=C(O)C1CC(=O)N(C2CCN(C(=O)Nc3ccc4c(c3)OCO4)C2)C1. The first-order valence-electron chi connectivity index (χ1n) is 8.49. The molecule has 3 heterocycles. The van der Waals surface area contributed by atoms with Crippen LogP contribution in [0, 0.1) is 5.92 Å². The lowest BCUT2D eigenvalue weighted by atomic mass is 10.1. The number of hydrogen-bond donors (Lipinski definition) is 2. The molecule has 4 rings (SSSR count). The Morgan fingerprint density at radius 2 is 2.00 bits per heavy atom. The number of fused-ring (bicyclic) bond motifs is 1. The predicted molar refractivity (Wildman–Crippen MR) is 89.0 cm³/mol. The lowest BCUT2D eigenvalue weighted by Crippen LogP contribution is -2.41. The second-order valence-corrected chi connectivity index (χ2v) is 6.67. The van der Waals surface area contributed by atoms with Crippen LogP contribution in [0.15, 0.2) is 18.2 Å². The molecule has 0 aliphatic carbocycles. The standard InChI is InChI=1S/C17H19N3O6/c21-15-5-10(16(22)23)7-20(15)12-3-4-19(8-12)17(24)18-11-1-2-13-14(6-11)26-9-25-13/h1-2,6,10,12H,3-5,7-9H2,(H,18,24)(H,22,23). The Hall–Kier alpha value is -2.97. The van der Waals surface area contributed by atoms with Gasteiger partial charge in [-0.25, -0.2) is 4.79 Å². The van der Waals surface area contributed by atoms with E-state index in [1.165, 1.54) is 0 Å². The third kappa shape index (κ3) is 3.00. The van der Waals surface area contributed by atoms with Crippen molar-refractivity contribution in [1.82, 2.24) is 9.80 Å². The van der Waals surface area contributed by atoms with Gasteiger partial charge >= 0.3 is 12.0 Å². The quantitative estimate of drug-likeness (QED) is 0.830. The van der Waals surface area contributed by atoms with Gasteiger partial charge in [0.2, 0.25) is 12.7 Å². The molecule has 1 aromatic rings. The van der Waals surface area contributed by atoms with Crippen molar-refractivity contribution in [1.29, 1.82) is 0 Å². The lowest BCUT2D eigenvalue weighted by Gasteiger charge is -2.24. The van der Waals surface area contributed by atoms with Crippen LogP contribution in [-0.4, -0.2) is 65.3 Å². The number of rotatable bonds is 3. The van der Waals surface area contributed by atoms with Crippen LogP contribution in [0.3, 0.4) is 0 Å². The molecule has 2 N–H and O–H groups in total. The van der Waals surface area contributed by atoms with E-state index in [1.807, 2.05) is 0 Å². The third-order valence-corrected chi connectivity index (χ3v) is 5.02. The summed E-state index contributed by atoms with van der Waals surface area (Å²) >= 11 is 0. The van der Waals surface area contributed by atoms with Gasteiger partial charge in [-0.15, -0.1) is 0 Å². The number of anilines is 1. The molecule has 0 radical (unpaired) electrons. The normalized spacial score (nSPS) is 24.2. The molecule has 2 unspecified atom stereocenters. The van der Waals surface area contributed by atoms with Crippen molar-refractivity contribution in [3.63, 3.8) is 0 Å². The summed E-state index contributed by atoms with van der Waals surface area (Å²) in [5, 5.41) is 11.9. The maximum Gasteiger partial charge on any atom is 0.321 e. The smallest absolute Gasteiger partial charge is 0.321 e. The summed E-state index contributed by atoms with van der Waals surface area (Å²) < 4.78 is 10.5. The molecule has 3 amide bonds. The summed E-state index contributed by atoms with van der Waals surface area (Å²) in [6.07, 6.45) is 0.682. The van der Waals surface area contributed by atoms with Crippen molar-refractivity contribution < 1.29 is 29.0 Å². The Morgan fingerprint density at radius 3 is 2.77 bits per heavy atom. The van der Waals surface area contributed by atoms with Crippen molar-refractivity contribution in [2.24, 2.45) is 5.92 Å². The zero-order chi connectivity index (χ0) is 18.3. The number of carbonyl (C=O) groups is 3. The molecular formula is C17H19N3O6. The summed E-state index contributed by atoms with van der Waals surface area (Å²) in [6, 6.07) is 4.79. The monoisotopic (exact) mass is 361 g/mol. The maximum absolute atomic E-state index is 12.5. The van der Waals surface area contributed by atoms with Crippen LogP contribution < -0.4 is 14.8 Å². The minimum atomic E-state index is -0.948. The molecule has 2 atom stereocenters. The van der Waals surface area contributed by atoms with E-state index in [4.69, 9.17) is 14.6 Å². The van der Waals surface area contributed by atoms with Gasteiger partial charge in [0, 0.05) is 37.8 Å². The molecule has 26 heavy (non-hydrogen) atoms. The minimum absolute atomic E-state index is 0.0369. The van der Waals surface area contributed by atoms with E-state index in [0.717, 1.165) is 0 Å². The highest BCUT2D eigenvalue weighted by molar-refractivity contribution is 5.90. The number of benzene rings is 1. The zero-order valence-electron chi connectivity index (χ0n) is 14.0. The maximum atomic E-state index is 12.5. The predicted octanol–water partition coefficient (Wildman–Crippen LogP) is 0.955. The minimum Gasteiger partial charge on any atom is -0.481 e. The lowest BCUT2D eigenvalue weighted by molar-refractivity contribution is -0.141. The average Bonchev–Trinajstić information content (AvgIpc) is 3.32. The Morgan fingerprint density at radius 1 is 1.19 bits per heavy atom. The number of likely N-dealkylation sites (tertiary alicyclic amines) is 2. The van der Waals surface area contributed by atoms with Gasteiger partial charge in [-0.1, -0.05) is 0 Å². The molecule has 3 aliphatic rings. The summed E-state index contributed by atoms with van der Waals surface area (Å²) in [4.78, 5) is 38.9. The van der Waals surface area contributed by atoms with Crippen LogP contribution in [-0.2, 0) is 9.59 Å². The first-order valence-corrected chi connectivity index (χ1v) is 8.49. The molecule has 0 bridgehead atoms. The number of urea groups is 1. The fourth-order valence-electron chi connectivity index (χ4n) is 3.61. The molecule has 0 aromatic heterocycles. The largest absolute Gasteiger partial charge is 0.481 e. The van der Waals surface area contributed by atoms with E-state index in [9.17, 15) is 14.4 Å². The average molecular weight is 361 g/mol. The molecular weight excluding hydrogens is 342 g/mol. The summed E-state index contributed by atoms with van der Waals surface area (Å²) in [5.41, 5.74) is 0.603. The van der Waals surface area contributed by atoms with E-state index >= 15 is 0 Å². The van der Waals surface area contributed by atoms with Crippen LogP contribution in [0.2, 0.25) is 0 Å². The fourth-order valence-corrected chi connectivity index (χ4v) is 3.61. The number of carboxylic acid groups (broad SMARTS) is 1. The second-order valence-electron chi connectivity index (χ2n) is 6.67. The van der Waals surface area contributed by atoms with Gasteiger partial charge < -0.3 is 29.7 Å². The summed E-state index contributed by atoms with van der Waals surface area (Å²) in [7, 11) is 0. The van der Waals surface area contributed by atoms with E-state index < -0.39 is 11.9 Å². The molecule has 3 aliphatic heterocycles. The first-order chi connectivity index (χ1) is 12.5. The topological polar surface area (TPSA) is 108 Å². The summed E-state index contributed by atoms with van der Waals surface area (Å²) in [5.74, 6) is -0.523. The van der Waals surface area contributed by atoms with Crippen molar-refractivity contribution in [3.05, 3.63) is 18.2 Å². The van der Waals surface area contributed by atoms with Crippen molar-refractivity contribution in [3.8, 4) is 11.5 Å². The Balaban J connectivity index is 1.35. The highest BCUT2D eigenvalue weighted by Crippen LogP contribution is 2.34. The van der Waals surface area contributed by atoms with Gasteiger partial charge in [0.1, 0.15) is 0 Å². The Labute approximate surface area is 149 Å². The Bertz CT molecular complexity index is 767. The molecule has 0 spiro atoms. The fraction of sp³-hybridized carbons (Fsp3) is 0.471. The van der Waals surface area contributed by atoms with Crippen LogP contribution >= 0.6 is 0 Å². The molecule has 9 nitrogen and oxygen atoms in total. The molecule has 1 aromatic carbocycles. The number of nitrogens with zero attached hydrogens (tertiary/aromatic N) is 2. The van der Waals surface area contributed by atoms with Crippen molar-refractivity contribution in [2.75, 3.05) is 31.7 Å². The Kier molecular flexibility index (Phi) is 4.06. The van der Waals surface area contributed by atoms with Crippen LogP contribution in [0.1, 0.15) is 12.8 Å². The molecule has 138 valence electrons. The van der Waals surface area contributed by atoms with Gasteiger partial charge in [-0.2, -0.15) is 0 Å². The number of nitrogens with one attached hydrogen (secondary N) is 1. The first kappa shape index (κ1) is 16.5. The van der Waals surface area contributed by atoms with Gasteiger partial charge in [-0.3, -0.25) is 9.59 Å². The van der Waals surface area contributed by atoms with Gasteiger partial charge in [0.15, 0.2) is 11.5 Å². The van der Waals surface area contributed by atoms with E-state index in [0.29, 0.717) is 36.7 Å². The van der Waals surface area contributed by atoms with Crippen LogP contribution in [0.25, 0.3) is 0 Å². The number of carbonyl (C=O) groups excluding carboxylic acids is 2. The number of hydrogen-bond acceptors (Lipinski definition) is 5. The van der Waals surface area contributed by atoms with Crippen LogP contribution in [0.5, 0.6) is 11.5 Å². The van der Waals surface area contributed by atoms with Gasteiger partial charge in [0.05, 0.1) is 12.0 Å². The van der Waals surface area contributed by atoms with Crippen LogP contribution in [0.4, 0.5) is 10.5 Å². The molecule has 9 heteroatoms.